The SMILES string of the molecule is COc1ccccc1CC(=O)N1CCC2(CCC(=O)N(CC(N)=O)C2)CC1. The molecule has 2 fully saturated rings. The minimum Gasteiger partial charge on any atom is -0.496 e. The van der Waals surface area contributed by atoms with Gasteiger partial charge in [0.1, 0.15) is 5.75 Å². The second-order valence-electron chi connectivity index (χ2n) is 7.59. The Kier molecular flexibility index (Phi) is 5.68. The van der Waals surface area contributed by atoms with Crippen LogP contribution in [-0.2, 0) is 20.8 Å². The molecule has 7 heteroatoms. The van der Waals surface area contributed by atoms with Crippen molar-refractivity contribution in [2.45, 2.75) is 32.1 Å². The van der Waals surface area contributed by atoms with Gasteiger partial charge in [-0.3, -0.25) is 14.4 Å². The highest BCUT2D eigenvalue weighted by molar-refractivity contribution is 5.84. The fourth-order valence-corrected chi connectivity index (χ4v) is 4.20. The van der Waals surface area contributed by atoms with Crippen LogP contribution < -0.4 is 10.5 Å². The third kappa shape index (κ3) is 4.40. The second-order valence-corrected chi connectivity index (χ2v) is 7.59. The van der Waals surface area contributed by atoms with Crippen LogP contribution in [0.25, 0.3) is 0 Å². The molecule has 2 heterocycles. The van der Waals surface area contributed by atoms with E-state index >= 15 is 0 Å². The molecule has 1 aromatic carbocycles. The van der Waals surface area contributed by atoms with Crippen LogP contribution in [0.2, 0.25) is 0 Å². The number of ether oxygens (including phenoxy) is 1. The van der Waals surface area contributed by atoms with Gasteiger partial charge in [0.25, 0.3) is 0 Å². The number of rotatable bonds is 5. The lowest BCUT2D eigenvalue weighted by Gasteiger charge is -2.47. The van der Waals surface area contributed by atoms with Gasteiger partial charge in [0.15, 0.2) is 0 Å². The molecule has 0 radical (unpaired) electrons. The van der Waals surface area contributed by atoms with Crippen molar-refractivity contribution in [1.82, 2.24) is 9.80 Å². The number of amides is 3. The predicted molar refractivity (Wildman–Crippen MR) is 100.0 cm³/mol. The van der Waals surface area contributed by atoms with Gasteiger partial charge in [0, 0.05) is 31.6 Å². The van der Waals surface area contributed by atoms with E-state index in [1.165, 1.54) is 0 Å². The molecule has 0 unspecified atom stereocenters. The molecular formula is C20H27N3O4. The summed E-state index contributed by atoms with van der Waals surface area (Å²) in [7, 11) is 1.61. The Morgan fingerprint density at radius 1 is 1.19 bits per heavy atom. The number of piperidine rings is 2. The highest BCUT2D eigenvalue weighted by Crippen LogP contribution is 2.40. The van der Waals surface area contributed by atoms with Crippen LogP contribution in [0.5, 0.6) is 5.75 Å². The summed E-state index contributed by atoms with van der Waals surface area (Å²) in [5.41, 5.74) is 6.15. The topological polar surface area (TPSA) is 92.9 Å². The Morgan fingerprint density at radius 2 is 1.89 bits per heavy atom. The average Bonchev–Trinajstić information content (AvgIpc) is 2.65. The molecule has 1 aromatic rings. The van der Waals surface area contributed by atoms with Crippen molar-refractivity contribution in [1.29, 1.82) is 0 Å². The lowest BCUT2D eigenvalue weighted by molar-refractivity contribution is -0.144. The fourth-order valence-electron chi connectivity index (χ4n) is 4.20. The Bertz CT molecular complexity index is 726. The number of nitrogens with two attached hydrogens (primary N) is 1. The number of carbonyl (C=O) groups excluding carboxylic acids is 3. The van der Waals surface area contributed by atoms with Gasteiger partial charge in [0.2, 0.25) is 17.7 Å². The standard InChI is InChI=1S/C20H27N3O4/c1-27-16-5-3-2-4-15(16)12-19(26)22-10-8-20(9-11-22)7-6-18(25)23(14-20)13-17(21)24/h2-5H,6-14H2,1H3,(H2,21,24). The van der Waals surface area contributed by atoms with E-state index in [0.717, 1.165) is 30.6 Å². The molecule has 2 aliphatic heterocycles. The molecule has 7 nitrogen and oxygen atoms in total. The summed E-state index contributed by atoms with van der Waals surface area (Å²) in [6.45, 7) is 1.89. The number of carbonyl (C=O) groups is 3. The van der Waals surface area contributed by atoms with E-state index in [4.69, 9.17) is 10.5 Å². The summed E-state index contributed by atoms with van der Waals surface area (Å²) in [6.07, 6.45) is 3.27. The number of likely N-dealkylation sites (tertiary alicyclic amines) is 2. The molecule has 2 saturated heterocycles. The highest BCUT2D eigenvalue weighted by Gasteiger charge is 2.41. The predicted octanol–water partition coefficient (Wildman–Crippen LogP) is 0.954. The van der Waals surface area contributed by atoms with Crippen molar-refractivity contribution in [2.75, 3.05) is 33.3 Å². The maximum Gasteiger partial charge on any atom is 0.237 e. The van der Waals surface area contributed by atoms with Crippen LogP contribution in [0.15, 0.2) is 24.3 Å². The molecule has 2 N–H and O–H groups in total. The molecule has 2 aliphatic rings. The number of hydrogen-bond donors (Lipinski definition) is 1. The van der Waals surface area contributed by atoms with Crippen molar-refractivity contribution >= 4 is 17.7 Å². The molecule has 3 amide bonds. The third-order valence-electron chi connectivity index (χ3n) is 5.81. The van der Waals surface area contributed by atoms with Gasteiger partial charge >= 0.3 is 0 Å². The fraction of sp³-hybridized carbons (Fsp3) is 0.550. The summed E-state index contributed by atoms with van der Waals surface area (Å²) in [5.74, 6) is 0.335. The largest absolute Gasteiger partial charge is 0.496 e. The van der Waals surface area contributed by atoms with Crippen LogP contribution in [-0.4, -0.2) is 60.8 Å². The van der Waals surface area contributed by atoms with Gasteiger partial charge in [-0.15, -0.1) is 0 Å². The summed E-state index contributed by atoms with van der Waals surface area (Å²) < 4.78 is 5.33. The summed E-state index contributed by atoms with van der Waals surface area (Å²) >= 11 is 0. The monoisotopic (exact) mass is 373 g/mol. The quantitative estimate of drug-likeness (QED) is 0.832. The minimum atomic E-state index is -0.482. The molecular weight excluding hydrogens is 346 g/mol. The first-order valence-corrected chi connectivity index (χ1v) is 9.38. The molecule has 146 valence electrons. The minimum absolute atomic E-state index is 0.00546. The normalized spacial score (nSPS) is 19.2. The molecule has 0 aromatic heterocycles. The Hall–Kier alpha value is -2.57. The van der Waals surface area contributed by atoms with E-state index in [0.29, 0.717) is 32.5 Å². The van der Waals surface area contributed by atoms with Crippen LogP contribution >= 0.6 is 0 Å². The number of primary amides is 1. The summed E-state index contributed by atoms with van der Waals surface area (Å²) in [5, 5.41) is 0. The molecule has 3 rings (SSSR count). The number of para-hydroxylation sites is 1. The third-order valence-corrected chi connectivity index (χ3v) is 5.81. The van der Waals surface area contributed by atoms with Gasteiger partial charge in [0.05, 0.1) is 20.1 Å². The van der Waals surface area contributed by atoms with Gasteiger partial charge in [-0.2, -0.15) is 0 Å². The number of benzene rings is 1. The van der Waals surface area contributed by atoms with E-state index < -0.39 is 5.91 Å². The van der Waals surface area contributed by atoms with Crippen LogP contribution in [0.3, 0.4) is 0 Å². The summed E-state index contributed by atoms with van der Waals surface area (Å²) in [4.78, 5) is 39.4. The van der Waals surface area contributed by atoms with Crippen LogP contribution in [0.4, 0.5) is 0 Å². The number of hydrogen-bond acceptors (Lipinski definition) is 4. The Morgan fingerprint density at radius 3 is 2.56 bits per heavy atom. The van der Waals surface area contributed by atoms with Crippen molar-refractivity contribution in [3.05, 3.63) is 29.8 Å². The van der Waals surface area contributed by atoms with Gasteiger partial charge in [-0.05, 0) is 30.7 Å². The first kappa shape index (κ1) is 19.2. The maximum absolute atomic E-state index is 12.7. The van der Waals surface area contributed by atoms with E-state index in [1.54, 1.807) is 12.0 Å². The zero-order valence-electron chi connectivity index (χ0n) is 15.8. The van der Waals surface area contributed by atoms with Gasteiger partial charge in [-0.25, -0.2) is 0 Å². The molecule has 0 atom stereocenters. The molecule has 0 bridgehead atoms. The Labute approximate surface area is 159 Å². The lowest BCUT2D eigenvalue weighted by Crippen LogP contribution is -2.54. The van der Waals surface area contributed by atoms with E-state index in [1.807, 2.05) is 29.2 Å². The Balaban J connectivity index is 1.59. The second kappa shape index (κ2) is 7.98. The first-order valence-electron chi connectivity index (χ1n) is 9.38. The molecule has 0 aliphatic carbocycles. The summed E-state index contributed by atoms with van der Waals surface area (Å²) in [6, 6.07) is 7.57. The van der Waals surface area contributed by atoms with E-state index in [2.05, 4.69) is 0 Å². The van der Waals surface area contributed by atoms with E-state index in [-0.39, 0.29) is 23.8 Å². The number of nitrogens with zero attached hydrogens (tertiary/aromatic N) is 2. The van der Waals surface area contributed by atoms with Gasteiger partial charge in [-0.1, -0.05) is 18.2 Å². The van der Waals surface area contributed by atoms with Crippen molar-refractivity contribution in [3.63, 3.8) is 0 Å². The smallest absolute Gasteiger partial charge is 0.237 e. The van der Waals surface area contributed by atoms with E-state index in [9.17, 15) is 14.4 Å². The molecule has 1 spiro atoms. The van der Waals surface area contributed by atoms with Crippen LogP contribution in [0, 0.1) is 5.41 Å². The van der Waals surface area contributed by atoms with Gasteiger partial charge < -0.3 is 20.3 Å². The first-order chi connectivity index (χ1) is 12.9. The highest BCUT2D eigenvalue weighted by atomic mass is 16.5. The van der Waals surface area contributed by atoms with Crippen molar-refractivity contribution < 1.29 is 19.1 Å². The van der Waals surface area contributed by atoms with Crippen LogP contribution in [0.1, 0.15) is 31.2 Å². The zero-order valence-corrected chi connectivity index (χ0v) is 15.8. The lowest BCUT2D eigenvalue weighted by atomic mass is 9.72. The maximum atomic E-state index is 12.7. The zero-order chi connectivity index (χ0) is 19.4. The average molecular weight is 373 g/mol. The van der Waals surface area contributed by atoms with Crippen molar-refractivity contribution in [3.8, 4) is 5.75 Å². The molecule has 0 saturated carbocycles. The van der Waals surface area contributed by atoms with Crippen molar-refractivity contribution in [2.24, 2.45) is 11.1 Å². The molecule has 27 heavy (non-hydrogen) atoms. The number of methoxy groups -OCH3 is 1.